The maximum atomic E-state index is 9.10. The third-order valence-electron chi connectivity index (χ3n) is 6.79. The summed E-state index contributed by atoms with van der Waals surface area (Å²) in [6.45, 7) is 12.6. The Labute approximate surface area is 132 Å². The SMILES string of the molecule is C[C@@H](/C=C\[C@H]1[C@@H](C)CC[C@H]2C(C)(C)CCC[C@]12C)CCO. The van der Waals surface area contributed by atoms with Crippen molar-refractivity contribution in [3.05, 3.63) is 12.2 Å². The van der Waals surface area contributed by atoms with E-state index in [1.165, 1.54) is 32.1 Å². The van der Waals surface area contributed by atoms with Gasteiger partial charge in [-0.25, -0.2) is 0 Å². The molecule has 0 radical (unpaired) electrons. The highest BCUT2D eigenvalue weighted by Gasteiger charge is 2.52. The summed E-state index contributed by atoms with van der Waals surface area (Å²) in [5.74, 6) is 2.90. The van der Waals surface area contributed by atoms with Gasteiger partial charge in [0.1, 0.15) is 0 Å². The molecule has 0 aliphatic heterocycles. The lowest BCUT2D eigenvalue weighted by Crippen LogP contribution is -2.50. The van der Waals surface area contributed by atoms with Crippen molar-refractivity contribution in [2.24, 2.45) is 34.5 Å². The van der Waals surface area contributed by atoms with Crippen molar-refractivity contribution in [3.63, 3.8) is 0 Å². The minimum atomic E-state index is 0.304. The van der Waals surface area contributed by atoms with Gasteiger partial charge < -0.3 is 5.11 Å². The predicted octanol–water partition coefficient (Wildman–Crippen LogP) is 5.44. The summed E-state index contributed by atoms with van der Waals surface area (Å²) < 4.78 is 0. The lowest BCUT2D eigenvalue weighted by molar-refractivity contribution is -0.0768. The van der Waals surface area contributed by atoms with E-state index in [0.29, 0.717) is 23.4 Å². The number of aliphatic hydroxyl groups excluding tert-OH is 1. The largest absolute Gasteiger partial charge is 0.396 e. The van der Waals surface area contributed by atoms with Gasteiger partial charge in [0.05, 0.1) is 0 Å². The van der Waals surface area contributed by atoms with Crippen molar-refractivity contribution in [1.82, 2.24) is 0 Å². The van der Waals surface area contributed by atoms with Crippen LogP contribution in [0.4, 0.5) is 0 Å². The normalized spacial score (nSPS) is 41.0. The van der Waals surface area contributed by atoms with E-state index in [2.05, 4.69) is 46.8 Å². The fourth-order valence-electron chi connectivity index (χ4n) is 5.56. The second-order valence-electron chi connectivity index (χ2n) is 8.86. The standard InChI is InChI=1S/C20H36O/c1-15(11-14-21)7-9-17-16(2)8-10-18-19(3,4)12-6-13-20(17,18)5/h7,9,15-18,21H,6,8,10-14H2,1-5H3/b9-7-/t15-,16-,17-,18-,20+/m0/s1. The summed E-state index contributed by atoms with van der Waals surface area (Å²) in [6.07, 6.45) is 12.8. The molecule has 21 heavy (non-hydrogen) atoms. The zero-order valence-electron chi connectivity index (χ0n) is 14.9. The van der Waals surface area contributed by atoms with Crippen LogP contribution in [-0.2, 0) is 0 Å². The quantitative estimate of drug-likeness (QED) is 0.684. The fourth-order valence-corrected chi connectivity index (χ4v) is 5.56. The van der Waals surface area contributed by atoms with Gasteiger partial charge >= 0.3 is 0 Å². The molecular weight excluding hydrogens is 256 g/mol. The van der Waals surface area contributed by atoms with Crippen molar-refractivity contribution >= 4 is 0 Å². The number of aliphatic hydroxyl groups is 1. The van der Waals surface area contributed by atoms with Gasteiger partial charge in [0.15, 0.2) is 0 Å². The average Bonchev–Trinajstić information content (AvgIpc) is 2.37. The summed E-state index contributed by atoms with van der Waals surface area (Å²) in [5.41, 5.74) is 0.991. The van der Waals surface area contributed by atoms with Gasteiger partial charge in [0, 0.05) is 6.61 Å². The van der Waals surface area contributed by atoms with Gasteiger partial charge in [-0.2, -0.15) is 0 Å². The Hall–Kier alpha value is -0.300. The molecule has 0 amide bonds. The third-order valence-corrected chi connectivity index (χ3v) is 6.79. The second kappa shape index (κ2) is 6.44. The number of hydrogen-bond acceptors (Lipinski definition) is 1. The number of hydrogen-bond donors (Lipinski definition) is 1. The molecule has 0 saturated heterocycles. The first-order valence-electron chi connectivity index (χ1n) is 9.10. The third kappa shape index (κ3) is 3.38. The molecule has 2 aliphatic rings. The van der Waals surface area contributed by atoms with Gasteiger partial charge in [0.25, 0.3) is 0 Å². The van der Waals surface area contributed by atoms with Crippen molar-refractivity contribution in [2.45, 2.75) is 73.1 Å². The van der Waals surface area contributed by atoms with Crippen LogP contribution in [0.2, 0.25) is 0 Å². The molecule has 2 aliphatic carbocycles. The van der Waals surface area contributed by atoms with E-state index in [1.54, 1.807) is 0 Å². The second-order valence-corrected chi connectivity index (χ2v) is 8.86. The minimum absolute atomic E-state index is 0.304. The van der Waals surface area contributed by atoms with Crippen LogP contribution in [0.15, 0.2) is 12.2 Å². The maximum absolute atomic E-state index is 9.10. The molecule has 2 saturated carbocycles. The minimum Gasteiger partial charge on any atom is -0.396 e. The summed E-state index contributed by atoms with van der Waals surface area (Å²) in [4.78, 5) is 0. The average molecular weight is 293 g/mol. The molecule has 1 nitrogen and oxygen atoms in total. The molecule has 1 heteroatoms. The van der Waals surface area contributed by atoms with E-state index in [9.17, 15) is 0 Å². The van der Waals surface area contributed by atoms with Crippen LogP contribution >= 0.6 is 0 Å². The van der Waals surface area contributed by atoms with E-state index in [4.69, 9.17) is 5.11 Å². The fraction of sp³-hybridized carbons (Fsp3) is 0.900. The maximum Gasteiger partial charge on any atom is 0.0436 e. The predicted molar refractivity (Wildman–Crippen MR) is 91.1 cm³/mol. The Morgan fingerprint density at radius 1 is 1.19 bits per heavy atom. The summed E-state index contributed by atoms with van der Waals surface area (Å²) in [5, 5.41) is 9.10. The van der Waals surface area contributed by atoms with Gasteiger partial charge in [-0.3, -0.25) is 0 Å². The molecule has 0 aromatic rings. The summed E-state index contributed by atoms with van der Waals surface area (Å²) in [7, 11) is 0. The van der Waals surface area contributed by atoms with Crippen molar-refractivity contribution < 1.29 is 5.11 Å². The van der Waals surface area contributed by atoms with Crippen LogP contribution < -0.4 is 0 Å². The molecule has 0 heterocycles. The Balaban J connectivity index is 2.21. The monoisotopic (exact) mass is 292 g/mol. The first kappa shape index (κ1) is 17.1. The van der Waals surface area contributed by atoms with Crippen LogP contribution in [-0.4, -0.2) is 11.7 Å². The van der Waals surface area contributed by atoms with Gasteiger partial charge in [0.2, 0.25) is 0 Å². The van der Waals surface area contributed by atoms with Crippen LogP contribution in [0.3, 0.4) is 0 Å². The highest BCUT2D eigenvalue weighted by atomic mass is 16.3. The zero-order valence-corrected chi connectivity index (χ0v) is 14.9. The molecular formula is C20H36O. The van der Waals surface area contributed by atoms with Crippen LogP contribution in [0.1, 0.15) is 73.1 Å². The van der Waals surface area contributed by atoms with Crippen molar-refractivity contribution in [2.75, 3.05) is 6.61 Å². The topological polar surface area (TPSA) is 20.2 Å². The molecule has 0 bridgehead atoms. The van der Waals surface area contributed by atoms with E-state index < -0.39 is 0 Å². The Morgan fingerprint density at radius 2 is 1.90 bits per heavy atom. The Bertz CT molecular complexity index is 370. The van der Waals surface area contributed by atoms with E-state index in [1.807, 2.05) is 0 Å². The van der Waals surface area contributed by atoms with E-state index >= 15 is 0 Å². The first-order valence-corrected chi connectivity index (χ1v) is 9.10. The highest BCUT2D eigenvalue weighted by Crippen LogP contribution is 2.61. The molecule has 2 rings (SSSR count). The lowest BCUT2D eigenvalue weighted by atomic mass is 9.46. The van der Waals surface area contributed by atoms with Gasteiger partial charge in [-0.05, 0) is 66.6 Å². The smallest absolute Gasteiger partial charge is 0.0436 e. The van der Waals surface area contributed by atoms with Gasteiger partial charge in [-0.15, -0.1) is 0 Å². The molecule has 122 valence electrons. The van der Waals surface area contributed by atoms with E-state index in [-0.39, 0.29) is 0 Å². The van der Waals surface area contributed by atoms with Crippen LogP contribution in [0.25, 0.3) is 0 Å². The molecule has 5 atom stereocenters. The number of allylic oxidation sites excluding steroid dienone is 2. The number of fused-ring (bicyclic) bond motifs is 1. The molecule has 2 fully saturated rings. The Kier molecular flexibility index (Phi) is 5.23. The van der Waals surface area contributed by atoms with Crippen LogP contribution in [0, 0.1) is 34.5 Å². The van der Waals surface area contributed by atoms with E-state index in [0.717, 1.165) is 24.2 Å². The summed E-state index contributed by atoms with van der Waals surface area (Å²) >= 11 is 0. The lowest BCUT2D eigenvalue weighted by Gasteiger charge is -2.58. The Morgan fingerprint density at radius 3 is 2.57 bits per heavy atom. The highest BCUT2D eigenvalue weighted by molar-refractivity contribution is 5.09. The van der Waals surface area contributed by atoms with Crippen molar-refractivity contribution in [1.29, 1.82) is 0 Å². The van der Waals surface area contributed by atoms with Crippen molar-refractivity contribution in [3.8, 4) is 0 Å². The zero-order chi connectivity index (χ0) is 15.7. The first-order chi connectivity index (χ1) is 9.81. The molecule has 0 unspecified atom stereocenters. The molecule has 1 N–H and O–H groups in total. The molecule has 0 aromatic carbocycles. The van der Waals surface area contributed by atoms with Crippen LogP contribution in [0.5, 0.6) is 0 Å². The molecule has 0 aromatic heterocycles. The van der Waals surface area contributed by atoms with Gasteiger partial charge in [-0.1, -0.05) is 53.2 Å². The molecule has 0 spiro atoms. The summed E-state index contributed by atoms with van der Waals surface area (Å²) in [6, 6.07) is 0. The number of rotatable bonds is 4.